The summed E-state index contributed by atoms with van der Waals surface area (Å²) in [5.74, 6) is 0.794. The minimum Gasteiger partial charge on any atom is -0.340 e. The Bertz CT molecular complexity index is 1240. The van der Waals surface area contributed by atoms with E-state index in [-0.39, 0.29) is 0 Å². The molecule has 4 aromatic rings. The molecule has 0 atom stereocenters. The molecule has 0 saturated carbocycles. The van der Waals surface area contributed by atoms with Crippen LogP contribution < -0.4 is 5.32 Å². The van der Waals surface area contributed by atoms with E-state index < -0.39 is 0 Å². The van der Waals surface area contributed by atoms with Crippen LogP contribution in [-0.4, -0.2) is 26.5 Å². The van der Waals surface area contributed by atoms with Crippen LogP contribution in [0.15, 0.2) is 67.8 Å². The Labute approximate surface area is 170 Å². The second-order valence-corrected chi connectivity index (χ2v) is 7.78. The normalized spacial score (nSPS) is 13.6. The van der Waals surface area contributed by atoms with Crippen molar-refractivity contribution in [1.82, 2.24) is 19.4 Å². The molecule has 0 unspecified atom stereocenters. The number of rotatable bonds is 4. The van der Waals surface area contributed by atoms with Gasteiger partial charge in [-0.25, -0.2) is 9.97 Å². The molecule has 1 aliphatic heterocycles. The summed E-state index contributed by atoms with van der Waals surface area (Å²) in [6.45, 7) is 6.24. The quantitative estimate of drug-likeness (QED) is 0.558. The molecule has 0 saturated heterocycles. The van der Waals surface area contributed by atoms with E-state index in [4.69, 9.17) is 0 Å². The number of hydrogen-bond acceptors (Lipinski definition) is 4. The van der Waals surface area contributed by atoms with Gasteiger partial charge in [0, 0.05) is 43.0 Å². The summed E-state index contributed by atoms with van der Waals surface area (Å²) in [5.41, 5.74) is 6.96. The average Bonchev–Trinajstić information content (AvgIpc) is 3.31. The Morgan fingerprint density at radius 1 is 0.966 bits per heavy atom. The number of imidazole rings is 1. The van der Waals surface area contributed by atoms with Crippen LogP contribution >= 0.6 is 0 Å². The maximum atomic E-state index is 4.57. The summed E-state index contributed by atoms with van der Waals surface area (Å²) in [6, 6.07) is 15.0. The zero-order valence-corrected chi connectivity index (χ0v) is 16.7. The van der Waals surface area contributed by atoms with Crippen molar-refractivity contribution < 1.29 is 0 Å². The van der Waals surface area contributed by atoms with E-state index in [1.807, 2.05) is 30.3 Å². The van der Waals surface area contributed by atoms with Crippen LogP contribution in [-0.2, 0) is 20.1 Å². The molecule has 29 heavy (non-hydrogen) atoms. The Balaban J connectivity index is 1.42. The van der Waals surface area contributed by atoms with Crippen molar-refractivity contribution >= 4 is 22.3 Å². The van der Waals surface area contributed by atoms with Crippen LogP contribution in [0.2, 0.25) is 0 Å². The van der Waals surface area contributed by atoms with Gasteiger partial charge in [-0.1, -0.05) is 30.8 Å². The van der Waals surface area contributed by atoms with E-state index in [1.165, 1.54) is 11.1 Å². The largest absolute Gasteiger partial charge is 0.340 e. The number of nitrogens with zero attached hydrogens (tertiary/aromatic N) is 4. The highest BCUT2D eigenvalue weighted by Crippen LogP contribution is 2.28. The summed E-state index contributed by atoms with van der Waals surface area (Å²) >= 11 is 0. The Morgan fingerprint density at radius 3 is 2.66 bits per heavy atom. The molecule has 0 radical (unpaired) electrons. The van der Waals surface area contributed by atoms with Crippen molar-refractivity contribution in [2.75, 3.05) is 12.4 Å². The first-order valence-electron chi connectivity index (χ1n) is 9.70. The van der Waals surface area contributed by atoms with Crippen molar-refractivity contribution in [1.29, 1.82) is 0 Å². The lowest BCUT2D eigenvalue weighted by Crippen LogP contribution is -2.07. The van der Waals surface area contributed by atoms with Crippen LogP contribution in [0.5, 0.6) is 0 Å². The lowest BCUT2D eigenvalue weighted by molar-refractivity contribution is 0.353. The number of benzene rings is 2. The van der Waals surface area contributed by atoms with E-state index in [0.717, 1.165) is 52.2 Å². The Kier molecular flexibility index (Phi) is 4.18. The molecule has 1 N–H and O–H groups in total. The van der Waals surface area contributed by atoms with Crippen molar-refractivity contribution in [2.45, 2.75) is 13.1 Å². The minimum atomic E-state index is 0.794. The molecular formula is C24H23N5. The molecule has 5 rings (SSSR count). The number of anilines is 1. The highest BCUT2D eigenvalue weighted by Gasteiger charge is 2.16. The highest BCUT2D eigenvalue weighted by atomic mass is 15.1. The smallest absolute Gasteiger partial charge is 0.130 e. The van der Waals surface area contributed by atoms with Gasteiger partial charge in [0.2, 0.25) is 0 Å². The molecule has 0 amide bonds. The summed E-state index contributed by atoms with van der Waals surface area (Å²) in [4.78, 5) is 11.1. The standard InChI is InChI=1S/C24H23N5/c1-16(17-4-7-20-13-28(2)14-22(20)8-17)27-24-10-21-9-18(5-6-19(21)11-26-24)23-12-25-15-29(23)3/h4-12,15H,1,13-14H2,2-3H3,(H,26,27). The number of aryl methyl sites for hydroxylation is 1. The predicted molar refractivity (Wildman–Crippen MR) is 118 cm³/mol. The average molecular weight is 381 g/mol. The molecule has 144 valence electrons. The molecule has 0 spiro atoms. The Hall–Kier alpha value is -3.44. The van der Waals surface area contributed by atoms with E-state index in [0.29, 0.717) is 0 Å². The highest BCUT2D eigenvalue weighted by molar-refractivity contribution is 5.89. The number of nitrogens with one attached hydrogen (secondary N) is 1. The summed E-state index contributed by atoms with van der Waals surface area (Å²) in [6.07, 6.45) is 5.60. The van der Waals surface area contributed by atoms with Crippen LogP contribution in [0.25, 0.3) is 27.7 Å². The van der Waals surface area contributed by atoms with E-state index in [9.17, 15) is 0 Å². The second kappa shape index (κ2) is 6.87. The first-order valence-corrected chi connectivity index (χ1v) is 9.70. The molecule has 2 aromatic carbocycles. The maximum absolute atomic E-state index is 4.57. The second-order valence-electron chi connectivity index (χ2n) is 7.78. The zero-order chi connectivity index (χ0) is 20.0. The minimum absolute atomic E-state index is 0.794. The first kappa shape index (κ1) is 17.6. The SMILES string of the molecule is C=C(Nc1cc2cc(-c3cncn3C)ccc2cn1)c1ccc2c(c1)CN(C)C2. The summed E-state index contributed by atoms with van der Waals surface area (Å²) in [7, 11) is 4.15. The molecule has 0 bridgehead atoms. The van der Waals surface area contributed by atoms with Gasteiger partial charge in [0.05, 0.1) is 18.2 Å². The Morgan fingerprint density at radius 2 is 1.83 bits per heavy atom. The fraction of sp³-hybridized carbons (Fsp3) is 0.167. The van der Waals surface area contributed by atoms with Gasteiger partial charge in [-0.2, -0.15) is 0 Å². The van der Waals surface area contributed by atoms with Crippen molar-refractivity contribution in [3.63, 3.8) is 0 Å². The van der Waals surface area contributed by atoms with Gasteiger partial charge in [0.1, 0.15) is 5.82 Å². The van der Waals surface area contributed by atoms with Crippen LogP contribution in [0.3, 0.4) is 0 Å². The third kappa shape index (κ3) is 3.30. The van der Waals surface area contributed by atoms with E-state index in [1.54, 1.807) is 0 Å². The van der Waals surface area contributed by atoms with Gasteiger partial charge in [0.25, 0.3) is 0 Å². The fourth-order valence-electron chi connectivity index (χ4n) is 3.98. The van der Waals surface area contributed by atoms with Gasteiger partial charge in [-0.15, -0.1) is 0 Å². The predicted octanol–water partition coefficient (Wildman–Crippen LogP) is 4.66. The molecule has 2 aromatic heterocycles. The number of aromatic nitrogens is 3. The molecule has 0 fully saturated rings. The fourth-order valence-corrected chi connectivity index (χ4v) is 3.98. The summed E-state index contributed by atoms with van der Waals surface area (Å²) in [5, 5.41) is 5.62. The number of hydrogen-bond donors (Lipinski definition) is 1. The third-order valence-corrected chi connectivity index (χ3v) is 5.55. The number of fused-ring (bicyclic) bond motifs is 2. The van der Waals surface area contributed by atoms with Crippen LogP contribution in [0.1, 0.15) is 16.7 Å². The van der Waals surface area contributed by atoms with Crippen LogP contribution in [0.4, 0.5) is 5.82 Å². The van der Waals surface area contributed by atoms with Gasteiger partial charge in [-0.05, 0) is 47.3 Å². The van der Waals surface area contributed by atoms with E-state index in [2.05, 4.69) is 76.3 Å². The third-order valence-electron chi connectivity index (χ3n) is 5.55. The van der Waals surface area contributed by atoms with Crippen molar-refractivity contribution in [3.8, 4) is 11.3 Å². The van der Waals surface area contributed by atoms with Gasteiger partial charge < -0.3 is 9.88 Å². The van der Waals surface area contributed by atoms with E-state index >= 15 is 0 Å². The van der Waals surface area contributed by atoms with Crippen LogP contribution in [0, 0.1) is 0 Å². The zero-order valence-electron chi connectivity index (χ0n) is 16.7. The topological polar surface area (TPSA) is 46.0 Å². The molecule has 3 heterocycles. The van der Waals surface area contributed by atoms with Gasteiger partial charge >= 0.3 is 0 Å². The molecular weight excluding hydrogens is 358 g/mol. The molecule has 5 heteroatoms. The van der Waals surface area contributed by atoms with Crippen molar-refractivity contribution in [2.24, 2.45) is 7.05 Å². The molecule has 5 nitrogen and oxygen atoms in total. The monoisotopic (exact) mass is 381 g/mol. The first-order chi connectivity index (χ1) is 14.1. The number of pyridine rings is 1. The lowest BCUT2D eigenvalue weighted by Gasteiger charge is -2.12. The molecule has 0 aliphatic carbocycles. The summed E-state index contributed by atoms with van der Waals surface area (Å²) < 4.78 is 2.02. The van der Waals surface area contributed by atoms with Gasteiger partial charge in [0.15, 0.2) is 0 Å². The molecule has 1 aliphatic rings. The lowest BCUT2D eigenvalue weighted by atomic mass is 10.0. The van der Waals surface area contributed by atoms with Crippen molar-refractivity contribution in [3.05, 3.63) is 84.5 Å². The maximum Gasteiger partial charge on any atom is 0.130 e. The van der Waals surface area contributed by atoms with Gasteiger partial charge in [-0.3, -0.25) is 4.90 Å².